The maximum Gasteiger partial charge on any atom is 0.243 e. The molecule has 1 N–H and O–H groups in total. The lowest BCUT2D eigenvalue weighted by Gasteiger charge is -2.06. The molecule has 1 aromatic carbocycles. The van der Waals surface area contributed by atoms with Crippen molar-refractivity contribution in [1.29, 1.82) is 0 Å². The molecule has 0 saturated heterocycles. The number of ether oxygens (including phenoxy) is 1. The summed E-state index contributed by atoms with van der Waals surface area (Å²) in [5.74, 6) is 0.741. The Morgan fingerprint density at radius 3 is 2.78 bits per heavy atom. The van der Waals surface area contributed by atoms with Gasteiger partial charge in [-0.15, -0.1) is 0 Å². The number of phenolic OH excluding ortho intramolecular Hbond substituents is 1. The van der Waals surface area contributed by atoms with E-state index in [9.17, 15) is 5.11 Å². The van der Waals surface area contributed by atoms with E-state index in [0.717, 1.165) is 13.0 Å². The number of benzene rings is 1. The number of nitrogens with zero attached hydrogens (tertiary/aromatic N) is 2. The second-order valence-electron chi connectivity index (χ2n) is 3.99. The first kappa shape index (κ1) is 14.4. The lowest BCUT2D eigenvalue weighted by atomic mass is 10.3. The van der Waals surface area contributed by atoms with Gasteiger partial charge in [0.1, 0.15) is 12.4 Å². The minimum Gasteiger partial charge on any atom is -1.00 e. The molecule has 0 fully saturated rings. The van der Waals surface area contributed by atoms with Gasteiger partial charge in [-0.3, -0.25) is 0 Å². The fourth-order valence-electron chi connectivity index (χ4n) is 1.64. The Bertz CT molecular complexity index is 485. The number of rotatable bonds is 5. The Labute approximate surface area is 113 Å². The van der Waals surface area contributed by atoms with Crippen molar-refractivity contribution >= 4 is 0 Å². The van der Waals surface area contributed by atoms with Crippen LogP contribution in [0.1, 0.15) is 6.42 Å². The Hall–Kier alpha value is -1.68. The monoisotopic (exact) mass is 268 g/mol. The van der Waals surface area contributed by atoms with Crippen molar-refractivity contribution in [3.05, 3.63) is 43.0 Å². The van der Waals surface area contributed by atoms with Crippen molar-refractivity contribution in [2.24, 2.45) is 7.05 Å². The highest BCUT2D eigenvalue weighted by atomic mass is 35.5. The quantitative estimate of drug-likeness (QED) is 0.529. The van der Waals surface area contributed by atoms with Crippen molar-refractivity contribution < 1.29 is 26.8 Å². The highest BCUT2D eigenvalue weighted by Gasteiger charge is 2.02. The van der Waals surface area contributed by atoms with Crippen LogP contribution in [0, 0.1) is 0 Å². The number of aromatic hydroxyl groups is 1. The summed E-state index contributed by atoms with van der Waals surface area (Å²) >= 11 is 0. The molecule has 0 aliphatic carbocycles. The third-order valence-corrected chi connectivity index (χ3v) is 2.51. The van der Waals surface area contributed by atoms with Crippen molar-refractivity contribution in [1.82, 2.24) is 4.57 Å². The second kappa shape index (κ2) is 6.91. The van der Waals surface area contributed by atoms with E-state index < -0.39 is 0 Å². The largest absolute Gasteiger partial charge is 1.00 e. The van der Waals surface area contributed by atoms with Crippen LogP contribution >= 0.6 is 0 Å². The summed E-state index contributed by atoms with van der Waals surface area (Å²) in [6, 6.07) is 7.02. The molecule has 98 valence electrons. The van der Waals surface area contributed by atoms with Crippen LogP contribution in [0.2, 0.25) is 0 Å². The molecule has 2 rings (SSSR count). The lowest BCUT2D eigenvalue weighted by Crippen LogP contribution is -3.00. The minimum absolute atomic E-state index is 0. The van der Waals surface area contributed by atoms with Gasteiger partial charge in [0, 0.05) is 6.42 Å². The second-order valence-corrected chi connectivity index (χ2v) is 3.99. The normalized spacial score (nSPS) is 9.83. The van der Waals surface area contributed by atoms with E-state index in [4.69, 9.17) is 4.74 Å². The summed E-state index contributed by atoms with van der Waals surface area (Å²) in [4.78, 5) is 0. The summed E-state index contributed by atoms with van der Waals surface area (Å²) in [5.41, 5.74) is 0. The van der Waals surface area contributed by atoms with Crippen LogP contribution in [0.5, 0.6) is 11.5 Å². The summed E-state index contributed by atoms with van der Waals surface area (Å²) in [6.45, 7) is 1.51. The van der Waals surface area contributed by atoms with Crippen LogP contribution in [-0.4, -0.2) is 16.3 Å². The van der Waals surface area contributed by atoms with Gasteiger partial charge in [-0.25, -0.2) is 9.13 Å². The Morgan fingerprint density at radius 1 is 1.33 bits per heavy atom. The molecule has 0 aliphatic rings. The third-order valence-electron chi connectivity index (χ3n) is 2.51. The van der Waals surface area contributed by atoms with E-state index in [0.29, 0.717) is 12.4 Å². The van der Waals surface area contributed by atoms with Gasteiger partial charge in [-0.1, -0.05) is 12.1 Å². The van der Waals surface area contributed by atoms with E-state index in [-0.39, 0.29) is 18.2 Å². The zero-order chi connectivity index (χ0) is 12.1. The minimum atomic E-state index is 0. The maximum atomic E-state index is 9.50. The number of halogens is 1. The van der Waals surface area contributed by atoms with Gasteiger partial charge < -0.3 is 22.3 Å². The van der Waals surface area contributed by atoms with Crippen LogP contribution in [-0.2, 0) is 13.6 Å². The fraction of sp³-hybridized carbons (Fsp3) is 0.308. The van der Waals surface area contributed by atoms with Crippen molar-refractivity contribution in [3.8, 4) is 11.5 Å². The topological polar surface area (TPSA) is 38.3 Å². The summed E-state index contributed by atoms with van der Waals surface area (Å²) in [7, 11) is 2.00. The molecule has 0 amide bonds. The van der Waals surface area contributed by atoms with Crippen LogP contribution in [0.3, 0.4) is 0 Å². The Kier molecular flexibility index (Phi) is 5.52. The van der Waals surface area contributed by atoms with Crippen molar-refractivity contribution in [3.63, 3.8) is 0 Å². The van der Waals surface area contributed by atoms with E-state index in [1.54, 1.807) is 18.2 Å². The molecule has 0 unspecified atom stereocenters. The van der Waals surface area contributed by atoms with Crippen molar-refractivity contribution in [2.45, 2.75) is 13.0 Å². The number of aryl methyl sites for hydroxylation is 2. The maximum absolute atomic E-state index is 9.50. The Balaban J connectivity index is 0.00000162. The molecule has 0 atom stereocenters. The van der Waals surface area contributed by atoms with Crippen LogP contribution in [0.15, 0.2) is 43.0 Å². The molecule has 0 bridgehead atoms. The molecule has 1 aromatic heterocycles. The molecule has 4 nitrogen and oxygen atoms in total. The number of imidazole rings is 1. The predicted octanol–water partition coefficient (Wildman–Crippen LogP) is -1.51. The number of aromatic nitrogens is 2. The average molecular weight is 269 g/mol. The van der Waals surface area contributed by atoms with E-state index >= 15 is 0 Å². The van der Waals surface area contributed by atoms with Crippen molar-refractivity contribution in [2.75, 3.05) is 6.61 Å². The van der Waals surface area contributed by atoms with Gasteiger partial charge in [-0.05, 0) is 12.1 Å². The first-order valence-electron chi connectivity index (χ1n) is 5.67. The number of para-hydroxylation sites is 2. The van der Waals surface area contributed by atoms with Gasteiger partial charge in [-0.2, -0.15) is 0 Å². The third kappa shape index (κ3) is 3.96. The molecule has 5 heteroatoms. The molecule has 0 saturated carbocycles. The van der Waals surface area contributed by atoms with Gasteiger partial charge >= 0.3 is 0 Å². The first-order chi connectivity index (χ1) is 8.25. The molecule has 0 spiro atoms. The average Bonchev–Trinajstić information content (AvgIpc) is 2.73. The van der Waals surface area contributed by atoms with Crippen LogP contribution < -0.4 is 21.7 Å². The lowest BCUT2D eigenvalue weighted by molar-refractivity contribution is -0.671. The number of phenols is 1. The molecule has 18 heavy (non-hydrogen) atoms. The van der Waals surface area contributed by atoms with Gasteiger partial charge in [0.05, 0.1) is 20.2 Å². The molecular weight excluding hydrogens is 252 g/mol. The molecule has 1 heterocycles. The zero-order valence-electron chi connectivity index (χ0n) is 10.3. The molecule has 0 aliphatic heterocycles. The predicted molar refractivity (Wildman–Crippen MR) is 63.8 cm³/mol. The summed E-state index contributed by atoms with van der Waals surface area (Å²) in [6.07, 6.45) is 6.97. The summed E-state index contributed by atoms with van der Waals surface area (Å²) < 4.78 is 9.60. The number of hydrogen-bond donors (Lipinski definition) is 1. The van der Waals surface area contributed by atoms with Gasteiger partial charge in [0.2, 0.25) is 6.33 Å². The van der Waals surface area contributed by atoms with Crippen LogP contribution in [0.25, 0.3) is 0 Å². The summed E-state index contributed by atoms with van der Waals surface area (Å²) in [5, 5.41) is 9.50. The van der Waals surface area contributed by atoms with E-state index in [2.05, 4.69) is 4.57 Å². The highest BCUT2D eigenvalue weighted by molar-refractivity contribution is 5.37. The molecule has 0 radical (unpaired) electrons. The van der Waals surface area contributed by atoms with Gasteiger partial charge in [0.25, 0.3) is 0 Å². The van der Waals surface area contributed by atoms with Gasteiger partial charge in [0.15, 0.2) is 11.5 Å². The fourth-order valence-corrected chi connectivity index (χ4v) is 1.64. The smallest absolute Gasteiger partial charge is 0.243 e. The molecule has 2 aromatic rings. The number of hydrogen-bond acceptors (Lipinski definition) is 2. The standard InChI is InChI=1S/C13H16N2O2.ClH/c1-14-8-9-15(11-14)7-4-10-17-13-6-3-2-5-12(13)16;/h2-3,5-6,8-9,11H,4,7,10H2,1H3;1H. The van der Waals surface area contributed by atoms with E-state index in [1.807, 2.05) is 36.4 Å². The SMILES string of the molecule is C[n+]1ccn(CCCOc2ccccc2O)c1.[Cl-]. The highest BCUT2D eigenvalue weighted by Crippen LogP contribution is 2.24. The first-order valence-corrected chi connectivity index (χ1v) is 5.67. The molecular formula is C13H17ClN2O2. The van der Waals surface area contributed by atoms with E-state index in [1.165, 1.54) is 0 Å². The Morgan fingerprint density at radius 2 is 2.11 bits per heavy atom. The van der Waals surface area contributed by atoms with Crippen LogP contribution in [0.4, 0.5) is 0 Å². The zero-order valence-corrected chi connectivity index (χ0v) is 11.0.